The van der Waals surface area contributed by atoms with E-state index in [0.717, 1.165) is 30.6 Å². The van der Waals surface area contributed by atoms with Crippen molar-refractivity contribution in [1.82, 2.24) is 9.80 Å². The number of benzene rings is 2. The molecule has 6 nitrogen and oxygen atoms in total. The first-order valence-corrected chi connectivity index (χ1v) is 11.7. The fourth-order valence-electron chi connectivity index (χ4n) is 4.52. The highest BCUT2D eigenvalue weighted by Gasteiger charge is 2.45. The molecular weight excluding hydrogens is 416 g/mol. The maximum absolute atomic E-state index is 13.5. The normalized spacial score (nSPS) is 22.4. The molecule has 2 aromatic rings. The molecule has 6 heteroatoms. The molecule has 1 unspecified atom stereocenters. The molecule has 4 rings (SSSR count). The summed E-state index contributed by atoms with van der Waals surface area (Å²) in [5.41, 5.74) is 1.14. The van der Waals surface area contributed by atoms with E-state index in [2.05, 4.69) is 6.07 Å². The highest BCUT2D eigenvalue weighted by molar-refractivity contribution is 5.93. The second-order valence-electron chi connectivity index (χ2n) is 8.74. The Morgan fingerprint density at radius 2 is 1.79 bits per heavy atom. The standard InChI is InChI=1S/C27H32N2O4/c1-28-17-19-32-24-13-6-5-11-23(24)12-7-8-16-27(26(28)31)21-29(18-20-33-27)25(30)15-14-22-9-3-2-4-10-22/h2-6,9-11,13-15H,7-8,12,16-21H2,1H3/b15-14+. The molecule has 1 saturated heterocycles. The van der Waals surface area contributed by atoms with Crippen molar-refractivity contribution in [2.45, 2.75) is 31.3 Å². The molecule has 33 heavy (non-hydrogen) atoms. The number of nitrogens with zero attached hydrogens (tertiary/aromatic N) is 2. The van der Waals surface area contributed by atoms with Gasteiger partial charge in [-0.05, 0) is 49.0 Å². The summed E-state index contributed by atoms with van der Waals surface area (Å²) in [6.07, 6.45) is 6.63. The lowest BCUT2D eigenvalue weighted by Crippen LogP contribution is -2.61. The van der Waals surface area contributed by atoms with Gasteiger partial charge in [0, 0.05) is 19.7 Å². The fourth-order valence-corrected chi connectivity index (χ4v) is 4.52. The molecule has 1 spiro atoms. The number of carbonyl (C=O) groups is 2. The van der Waals surface area contributed by atoms with Crippen molar-refractivity contribution in [1.29, 1.82) is 0 Å². The SMILES string of the molecule is CN1CCOc2ccccc2CCCCC2(CN(C(=O)/C=C/c3ccccc3)CCO2)C1=O. The van der Waals surface area contributed by atoms with Gasteiger partial charge in [-0.1, -0.05) is 48.5 Å². The number of fused-ring (bicyclic) bond motifs is 1. The first-order valence-electron chi connectivity index (χ1n) is 11.7. The number of amides is 2. The minimum absolute atomic E-state index is 0.0792. The van der Waals surface area contributed by atoms with Crippen molar-refractivity contribution < 1.29 is 19.1 Å². The van der Waals surface area contributed by atoms with E-state index in [-0.39, 0.29) is 18.4 Å². The van der Waals surface area contributed by atoms with Crippen LogP contribution < -0.4 is 4.74 Å². The first-order chi connectivity index (χ1) is 16.1. The van der Waals surface area contributed by atoms with Crippen LogP contribution in [0.3, 0.4) is 0 Å². The second kappa shape index (κ2) is 10.7. The van der Waals surface area contributed by atoms with Gasteiger partial charge >= 0.3 is 0 Å². The molecule has 174 valence electrons. The summed E-state index contributed by atoms with van der Waals surface area (Å²) < 4.78 is 12.1. The zero-order valence-corrected chi connectivity index (χ0v) is 19.2. The lowest BCUT2D eigenvalue weighted by atomic mass is 9.91. The Morgan fingerprint density at radius 3 is 2.64 bits per heavy atom. The molecule has 2 heterocycles. The van der Waals surface area contributed by atoms with Gasteiger partial charge in [-0.15, -0.1) is 0 Å². The molecule has 0 saturated carbocycles. The van der Waals surface area contributed by atoms with Gasteiger partial charge < -0.3 is 19.3 Å². The highest BCUT2D eigenvalue weighted by Crippen LogP contribution is 2.29. The number of aryl methyl sites for hydroxylation is 1. The molecular formula is C27H32N2O4. The number of carbonyl (C=O) groups excluding carboxylic acids is 2. The Balaban J connectivity index is 1.49. The Hall–Kier alpha value is -3.12. The van der Waals surface area contributed by atoms with Gasteiger partial charge in [0.2, 0.25) is 5.91 Å². The van der Waals surface area contributed by atoms with E-state index in [1.165, 1.54) is 5.56 Å². The van der Waals surface area contributed by atoms with Crippen LogP contribution in [0.2, 0.25) is 0 Å². The molecule has 0 aromatic heterocycles. The zero-order valence-electron chi connectivity index (χ0n) is 19.2. The highest BCUT2D eigenvalue weighted by atomic mass is 16.5. The molecule has 2 amide bonds. The van der Waals surface area contributed by atoms with E-state index < -0.39 is 5.60 Å². The molecule has 2 aromatic carbocycles. The Bertz CT molecular complexity index is 991. The average molecular weight is 449 g/mol. The first kappa shape index (κ1) is 23.1. The predicted molar refractivity (Wildman–Crippen MR) is 128 cm³/mol. The number of likely N-dealkylation sites (N-methyl/N-ethyl adjacent to an activating group) is 1. The van der Waals surface area contributed by atoms with Crippen LogP contribution in [0.25, 0.3) is 6.08 Å². The van der Waals surface area contributed by atoms with E-state index in [0.29, 0.717) is 32.7 Å². The van der Waals surface area contributed by atoms with Gasteiger partial charge in [0.05, 0.1) is 19.7 Å². The van der Waals surface area contributed by atoms with Gasteiger partial charge in [0.25, 0.3) is 5.91 Å². The molecule has 0 aliphatic carbocycles. The monoisotopic (exact) mass is 448 g/mol. The molecule has 2 aliphatic heterocycles. The maximum Gasteiger partial charge on any atom is 0.256 e. The Morgan fingerprint density at radius 1 is 1.00 bits per heavy atom. The van der Waals surface area contributed by atoms with Crippen molar-refractivity contribution in [2.24, 2.45) is 0 Å². The van der Waals surface area contributed by atoms with Gasteiger partial charge in [-0.2, -0.15) is 0 Å². The summed E-state index contributed by atoms with van der Waals surface area (Å²) in [7, 11) is 1.78. The number of ether oxygens (including phenoxy) is 2. The van der Waals surface area contributed by atoms with Crippen LogP contribution in [-0.4, -0.2) is 67.1 Å². The molecule has 0 bridgehead atoms. The minimum atomic E-state index is -1.01. The summed E-state index contributed by atoms with van der Waals surface area (Å²) in [5.74, 6) is 0.717. The molecule has 0 radical (unpaired) electrons. The summed E-state index contributed by atoms with van der Waals surface area (Å²) in [6, 6.07) is 17.8. The van der Waals surface area contributed by atoms with Gasteiger partial charge in [0.1, 0.15) is 12.4 Å². The maximum atomic E-state index is 13.5. The molecule has 1 atom stereocenters. The smallest absolute Gasteiger partial charge is 0.256 e. The molecule has 2 aliphatic rings. The second-order valence-corrected chi connectivity index (χ2v) is 8.74. The van der Waals surface area contributed by atoms with Crippen molar-refractivity contribution in [3.8, 4) is 5.75 Å². The largest absolute Gasteiger partial charge is 0.491 e. The van der Waals surface area contributed by atoms with Crippen molar-refractivity contribution in [3.05, 3.63) is 71.8 Å². The van der Waals surface area contributed by atoms with Crippen LogP contribution in [0.4, 0.5) is 0 Å². The third kappa shape index (κ3) is 5.63. The Labute approximate surface area is 195 Å². The topological polar surface area (TPSA) is 59.1 Å². The van der Waals surface area contributed by atoms with E-state index in [9.17, 15) is 9.59 Å². The van der Waals surface area contributed by atoms with Crippen LogP contribution in [-0.2, 0) is 20.7 Å². The molecule has 1 fully saturated rings. The number of rotatable bonds is 2. The van der Waals surface area contributed by atoms with Crippen LogP contribution in [0.15, 0.2) is 60.7 Å². The van der Waals surface area contributed by atoms with E-state index >= 15 is 0 Å². The minimum Gasteiger partial charge on any atom is -0.491 e. The third-order valence-electron chi connectivity index (χ3n) is 6.39. The number of hydrogen-bond donors (Lipinski definition) is 0. The van der Waals surface area contributed by atoms with Gasteiger partial charge in [0.15, 0.2) is 5.60 Å². The summed E-state index contributed by atoms with van der Waals surface area (Å²) in [5, 5.41) is 0. The summed E-state index contributed by atoms with van der Waals surface area (Å²) in [6.45, 7) is 1.97. The van der Waals surface area contributed by atoms with Gasteiger partial charge in [-0.3, -0.25) is 9.59 Å². The van der Waals surface area contributed by atoms with E-state index in [4.69, 9.17) is 9.47 Å². The average Bonchev–Trinajstić information content (AvgIpc) is 2.85. The van der Waals surface area contributed by atoms with Crippen LogP contribution >= 0.6 is 0 Å². The van der Waals surface area contributed by atoms with E-state index in [1.54, 1.807) is 22.9 Å². The number of morpholine rings is 1. The summed E-state index contributed by atoms with van der Waals surface area (Å²) >= 11 is 0. The van der Waals surface area contributed by atoms with Crippen LogP contribution in [0, 0.1) is 0 Å². The van der Waals surface area contributed by atoms with Crippen molar-refractivity contribution in [3.63, 3.8) is 0 Å². The van der Waals surface area contributed by atoms with Crippen LogP contribution in [0.5, 0.6) is 5.75 Å². The summed E-state index contributed by atoms with van der Waals surface area (Å²) in [4.78, 5) is 29.9. The lowest BCUT2D eigenvalue weighted by Gasteiger charge is -2.43. The number of hydrogen-bond acceptors (Lipinski definition) is 4. The zero-order chi connectivity index (χ0) is 23.1. The van der Waals surface area contributed by atoms with Crippen LogP contribution in [0.1, 0.15) is 30.4 Å². The van der Waals surface area contributed by atoms with E-state index in [1.807, 2.05) is 54.6 Å². The molecule has 0 N–H and O–H groups in total. The lowest BCUT2D eigenvalue weighted by molar-refractivity contribution is -0.174. The van der Waals surface area contributed by atoms with Gasteiger partial charge in [-0.25, -0.2) is 0 Å². The van der Waals surface area contributed by atoms with Crippen molar-refractivity contribution >= 4 is 17.9 Å². The third-order valence-corrected chi connectivity index (χ3v) is 6.39. The number of para-hydroxylation sites is 1. The predicted octanol–water partition coefficient (Wildman–Crippen LogP) is 3.56. The quantitative estimate of drug-likeness (QED) is 0.660. The Kier molecular flexibility index (Phi) is 7.45. The fraction of sp³-hybridized carbons (Fsp3) is 0.407. The van der Waals surface area contributed by atoms with Crippen molar-refractivity contribution in [2.75, 3.05) is 39.9 Å².